The number of allylic oxidation sites excluding steroid dienone is 2. The van der Waals surface area contributed by atoms with E-state index in [0.29, 0.717) is 11.8 Å². The molecule has 0 saturated heterocycles. The zero-order valence-electron chi connectivity index (χ0n) is 11.5. The van der Waals surface area contributed by atoms with E-state index in [1.165, 1.54) is 11.3 Å². The minimum Gasteiger partial charge on any atom is -0.366 e. The molecule has 0 heterocycles. The van der Waals surface area contributed by atoms with Crippen molar-refractivity contribution in [3.05, 3.63) is 11.3 Å². The third-order valence-corrected chi connectivity index (χ3v) is 2.27. The quantitative estimate of drug-likeness (QED) is 0.514. The Labute approximate surface area is 95.1 Å². The maximum Gasteiger partial charge on any atom is 0.106 e. The van der Waals surface area contributed by atoms with Gasteiger partial charge in [0.2, 0.25) is 0 Å². The van der Waals surface area contributed by atoms with Crippen molar-refractivity contribution >= 4 is 5.84 Å². The van der Waals surface area contributed by atoms with Crippen LogP contribution in [0.1, 0.15) is 41.5 Å². The van der Waals surface area contributed by atoms with Gasteiger partial charge in [0.25, 0.3) is 0 Å². The summed E-state index contributed by atoms with van der Waals surface area (Å²) in [6.07, 6.45) is 0. The second-order valence-electron chi connectivity index (χ2n) is 5.06. The lowest BCUT2D eigenvalue weighted by Gasteiger charge is -2.21. The van der Waals surface area contributed by atoms with E-state index in [1.54, 1.807) is 0 Å². The van der Waals surface area contributed by atoms with Gasteiger partial charge in [-0.05, 0) is 19.8 Å². The van der Waals surface area contributed by atoms with Gasteiger partial charge < -0.3 is 4.90 Å². The Morgan fingerprint density at radius 3 is 1.60 bits per heavy atom. The highest BCUT2D eigenvalue weighted by atomic mass is 15.1. The van der Waals surface area contributed by atoms with Crippen LogP contribution in [0.4, 0.5) is 0 Å². The fourth-order valence-electron chi connectivity index (χ4n) is 1.69. The molecule has 0 aliphatic carbocycles. The molecule has 0 spiro atoms. The summed E-state index contributed by atoms with van der Waals surface area (Å²) in [4.78, 5) is 6.90. The Hall–Kier alpha value is -0.790. The molecular formula is C13H26N2. The normalized spacial score (nSPS) is 12.3. The molecule has 0 radical (unpaired) electrons. The number of aliphatic imine (C=N–C) groups is 1. The van der Waals surface area contributed by atoms with Crippen molar-refractivity contribution in [1.29, 1.82) is 0 Å². The van der Waals surface area contributed by atoms with Gasteiger partial charge in [-0.3, -0.25) is 0 Å². The van der Waals surface area contributed by atoms with E-state index < -0.39 is 0 Å². The van der Waals surface area contributed by atoms with E-state index in [4.69, 9.17) is 4.99 Å². The highest BCUT2D eigenvalue weighted by molar-refractivity contribution is 5.84. The van der Waals surface area contributed by atoms with E-state index in [1.807, 2.05) is 0 Å². The molecule has 0 atom stereocenters. The van der Waals surface area contributed by atoms with Gasteiger partial charge in [-0.15, -0.1) is 0 Å². The number of hydrogen-bond acceptors (Lipinski definition) is 1. The Bertz CT molecular complexity index is 244. The van der Waals surface area contributed by atoms with E-state index in [-0.39, 0.29) is 0 Å². The molecule has 0 saturated carbocycles. The van der Waals surface area contributed by atoms with Crippen LogP contribution >= 0.6 is 0 Å². The molecule has 0 aromatic carbocycles. The summed E-state index contributed by atoms with van der Waals surface area (Å²) in [5, 5.41) is 0. The second-order valence-corrected chi connectivity index (χ2v) is 5.06. The lowest BCUT2D eigenvalue weighted by Crippen LogP contribution is -2.27. The predicted octanol–water partition coefficient (Wildman–Crippen LogP) is 3.55. The van der Waals surface area contributed by atoms with Gasteiger partial charge in [0.15, 0.2) is 0 Å². The molecule has 15 heavy (non-hydrogen) atoms. The lowest BCUT2D eigenvalue weighted by atomic mass is 10.1. The van der Waals surface area contributed by atoms with Crippen LogP contribution in [-0.2, 0) is 0 Å². The van der Waals surface area contributed by atoms with Gasteiger partial charge in [-0.2, -0.15) is 0 Å². The zero-order chi connectivity index (χ0) is 12.2. The largest absolute Gasteiger partial charge is 0.366 e. The Kier molecular flexibility index (Phi) is 5.63. The van der Waals surface area contributed by atoms with Crippen LogP contribution in [-0.4, -0.2) is 24.8 Å². The molecule has 0 rings (SSSR count). The molecule has 2 nitrogen and oxygen atoms in total. The monoisotopic (exact) mass is 210 g/mol. The zero-order valence-corrected chi connectivity index (χ0v) is 11.5. The van der Waals surface area contributed by atoms with E-state index in [9.17, 15) is 0 Å². The SMILES string of the molecule is CC(C)=C(N=C(C(C)C)N(C)C)C(C)C. The van der Waals surface area contributed by atoms with Crippen molar-refractivity contribution in [3.8, 4) is 0 Å². The fourth-order valence-corrected chi connectivity index (χ4v) is 1.69. The van der Waals surface area contributed by atoms with Crippen LogP contribution in [0.3, 0.4) is 0 Å². The molecule has 0 N–H and O–H groups in total. The van der Waals surface area contributed by atoms with E-state index >= 15 is 0 Å². The third kappa shape index (κ3) is 4.50. The maximum atomic E-state index is 4.80. The van der Waals surface area contributed by atoms with Crippen LogP contribution in [0.2, 0.25) is 0 Å². The van der Waals surface area contributed by atoms with Gasteiger partial charge >= 0.3 is 0 Å². The van der Waals surface area contributed by atoms with Gasteiger partial charge in [0.05, 0.1) is 0 Å². The Morgan fingerprint density at radius 2 is 1.40 bits per heavy atom. The average molecular weight is 210 g/mol. The summed E-state index contributed by atoms with van der Waals surface area (Å²) < 4.78 is 0. The molecule has 0 aromatic rings. The standard InChI is InChI=1S/C13H26N2/c1-9(2)12(10(3)4)14-13(11(5)6)15(7)8/h9,11H,1-8H3. The summed E-state index contributed by atoms with van der Waals surface area (Å²) in [6, 6.07) is 0. The van der Waals surface area contributed by atoms with Crippen LogP contribution < -0.4 is 0 Å². The summed E-state index contributed by atoms with van der Waals surface area (Å²) in [5.41, 5.74) is 2.53. The number of hydrogen-bond donors (Lipinski definition) is 0. The molecule has 0 aromatic heterocycles. The fraction of sp³-hybridized carbons (Fsp3) is 0.769. The molecule has 2 heteroatoms. The van der Waals surface area contributed by atoms with Crippen molar-refractivity contribution in [3.63, 3.8) is 0 Å². The molecular weight excluding hydrogens is 184 g/mol. The summed E-state index contributed by atoms with van der Waals surface area (Å²) in [6.45, 7) is 13.0. The van der Waals surface area contributed by atoms with Crippen LogP contribution in [0.5, 0.6) is 0 Å². The molecule has 0 fully saturated rings. The smallest absolute Gasteiger partial charge is 0.106 e. The summed E-state index contributed by atoms with van der Waals surface area (Å²) in [7, 11) is 4.11. The first kappa shape index (κ1) is 14.2. The van der Waals surface area contributed by atoms with Crippen LogP contribution in [0.25, 0.3) is 0 Å². The van der Waals surface area contributed by atoms with E-state index in [2.05, 4.69) is 60.5 Å². The minimum atomic E-state index is 0.466. The van der Waals surface area contributed by atoms with Crippen LogP contribution in [0.15, 0.2) is 16.3 Å². The van der Waals surface area contributed by atoms with Crippen molar-refractivity contribution < 1.29 is 0 Å². The van der Waals surface area contributed by atoms with Crippen molar-refractivity contribution in [2.75, 3.05) is 14.1 Å². The first-order valence-corrected chi connectivity index (χ1v) is 5.70. The number of nitrogens with zero attached hydrogens (tertiary/aromatic N) is 2. The van der Waals surface area contributed by atoms with E-state index in [0.717, 1.165) is 5.84 Å². The second kappa shape index (κ2) is 5.94. The molecule has 0 aliphatic rings. The topological polar surface area (TPSA) is 15.6 Å². The van der Waals surface area contributed by atoms with Crippen molar-refractivity contribution in [1.82, 2.24) is 4.90 Å². The first-order chi connectivity index (χ1) is 6.77. The van der Waals surface area contributed by atoms with Gasteiger partial charge in [0, 0.05) is 25.7 Å². The van der Waals surface area contributed by atoms with Gasteiger partial charge in [0.1, 0.15) is 5.84 Å². The minimum absolute atomic E-state index is 0.466. The molecule has 0 amide bonds. The average Bonchev–Trinajstić information content (AvgIpc) is 2.01. The molecule has 88 valence electrons. The maximum absolute atomic E-state index is 4.80. The lowest BCUT2D eigenvalue weighted by molar-refractivity contribution is 0.569. The third-order valence-electron chi connectivity index (χ3n) is 2.27. The van der Waals surface area contributed by atoms with Crippen molar-refractivity contribution in [2.24, 2.45) is 16.8 Å². The van der Waals surface area contributed by atoms with Gasteiger partial charge in [-0.1, -0.05) is 33.3 Å². The Balaban J connectivity index is 5.20. The predicted molar refractivity (Wildman–Crippen MR) is 69.2 cm³/mol. The highest BCUT2D eigenvalue weighted by Crippen LogP contribution is 2.18. The molecule has 0 unspecified atom stereocenters. The summed E-state index contributed by atoms with van der Waals surface area (Å²) >= 11 is 0. The molecule has 0 aliphatic heterocycles. The Morgan fingerprint density at radius 1 is 0.933 bits per heavy atom. The summed E-state index contributed by atoms with van der Waals surface area (Å²) in [5.74, 6) is 2.11. The molecule has 0 bridgehead atoms. The number of rotatable bonds is 3. The van der Waals surface area contributed by atoms with Crippen molar-refractivity contribution in [2.45, 2.75) is 41.5 Å². The van der Waals surface area contributed by atoms with Crippen LogP contribution in [0, 0.1) is 11.8 Å². The first-order valence-electron chi connectivity index (χ1n) is 5.70. The number of amidine groups is 1. The van der Waals surface area contributed by atoms with Gasteiger partial charge in [-0.25, -0.2) is 4.99 Å². The highest BCUT2D eigenvalue weighted by Gasteiger charge is 2.11.